The predicted octanol–water partition coefficient (Wildman–Crippen LogP) is 3.98. The van der Waals surface area contributed by atoms with Crippen molar-refractivity contribution in [2.24, 2.45) is 4.99 Å². The van der Waals surface area contributed by atoms with Crippen LogP contribution in [0.3, 0.4) is 0 Å². The van der Waals surface area contributed by atoms with Gasteiger partial charge in [-0.15, -0.1) is 0 Å². The number of fused-ring (bicyclic) bond motifs is 1. The van der Waals surface area contributed by atoms with Crippen LogP contribution in [0.4, 0.5) is 11.5 Å². The number of anilines is 1. The van der Waals surface area contributed by atoms with E-state index in [1.807, 2.05) is 23.6 Å². The number of nitrogens with one attached hydrogen (secondary N) is 1. The third-order valence-electron chi connectivity index (χ3n) is 4.93. The average molecular weight is 405 g/mol. The first-order chi connectivity index (χ1) is 14.3. The molecule has 0 radical (unpaired) electrons. The molecule has 0 atom stereocenters. The molecule has 29 heavy (non-hydrogen) atoms. The summed E-state index contributed by atoms with van der Waals surface area (Å²) in [6.07, 6.45) is 5.19. The summed E-state index contributed by atoms with van der Waals surface area (Å²) in [6, 6.07) is 7.95. The lowest BCUT2D eigenvalue weighted by atomic mass is 10.1. The molecule has 8 heteroatoms. The zero-order valence-electron chi connectivity index (χ0n) is 15.6. The normalized spacial score (nSPS) is 14.8. The number of rotatable bonds is 4. The van der Waals surface area contributed by atoms with Crippen LogP contribution >= 0.6 is 11.3 Å². The molecule has 0 aliphatic carbocycles. The molecular formula is C21H19N5O2S. The molecule has 0 unspecified atom stereocenters. The SMILES string of the molecule is Oc1[nH]c2ncc(-c3ccsc3)cc2c1C=Nc1ccc(N2CCOCC2)nc1. The van der Waals surface area contributed by atoms with Gasteiger partial charge in [-0.3, -0.25) is 4.99 Å². The lowest BCUT2D eigenvalue weighted by molar-refractivity contribution is 0.122. The van der Waals surface area contributed by atoms with Gasteiger partial charge in [-0.25, -0.2) is 9.97 Å². The minimum Gasteiger partial charge on any atom is -0.494 e. The molecule has 1 fully saturated rings. The number of pyridine rings is 2. The van der Waals surface area contributed by atoms with Crippen LogP contribution in [0.5, 0.6) is 5.88 Å². The van der Waals surface area contributed by atoms with Crippen molar-refractivity contribution < 1.29 is 9.84 Å². The molecule has 5 heterocycles. The fourth-order valence-electron chi connectivity index (χ4n) is 3.37. The van der Waals surface area contributed by atoms with Gasteiger partial charge in [0.2, 0.25) is 0 Å². The number of nitrogens with zero attached hydrogens (tertiary/aromatic N) is 4. The molecule has 0 amide bonds. The van der Waals surface area contributed by atoms with Crippen LogP contribution in [0.15, 0.2) is 52.4 Å². The van der Waals surface area contributed by atoms with Gasteiger partial charge in [-0.2, -0.15) is 11.3 Å². The van der Waals surface area contributed by atoms with Crippen LogP contribution in [0, 0.1) is 0 Å². The first-order valence-electron chi connectivity index (χ1n) is 9.34. The van der Waals surface area contributed by atoms with Crippen molar-refractivity contribution in [2.45, 2.75) is 0 Å². The fourth-order valence-corrected chi connectivity index (χ4v) is 4.03. The number of thiophene rings is 1. The number of H-pyrrole nitrogens is 1. The molecule has 0 aromatic carbocycles. The highest BCUT2D eigenvalue weighted by molar-refractivity contribution is 7.08. The zero-order valence-corrected chi connectivity index (χ0v) is 16.4. The molecule has 0 saturated carbocycles. The monoisotopic (exact) mass is 405 g/mol. The standard InChI is InChI=1S/C21H19N5O2S/c27-21-18(17-9-15(10-24-20(17)25-21)14-3-8-29-13-14)12-22-16-1-2-19(23-11-16)26-4-6-28-7-5-26/h1-3,8-13,27H,4-7H2,(H,24,25). The lowest BCUT2D eigenvalue weighted by Crippen LogP contribution is -2.36. The molecule has 5 rings (SSSR count). The Labute approximate surface area is 171 Å². The molecule has 0 bridgehead atoms. The van der Waals surface area contributed by atoms with Gasteiger partial charge in [-0.05, 0) is 40.6 Å². The van der Waals surface area contributed by atoms with Gasteiger partial charge >= 0.3 is 0 Å². The summed E-state index contributed by atoms with van der Waals surface area (Å²) < 4.78 is 5.38. The zero-order chi connectivity index (χ0) is 19.6. The van der Waals surface area contributed by atoms with E-state index in [1.165, 1.54) is 0 Å². The van der Waals surface area contributed by atoms with Crippen LogP contribution in [-0.2, 0) is 4.74 Å². The maximum atomic E-state index is 10.3. The van der Waals surface area contributed by atoms with E-state index in [0.717, 1.165) is 54.3 Å². The molecule has 1 aliphatic heterocycles. The second-order valence-electron chi connectivity index (χ2n) is 6.75. The van der Waals surface area contributed by atoms with Crippen LogP contribution < -0.4 is 4.90 Å². The van der Waals surface area contributed by atoms with E-state index in [-0.39, 0.29) is 5.88 Å². The summed E-state index contributed by atoms with van der Waals surface area (Å²) in [5.41, 5.74) is 4.07. The van der Waals surface area contributed by atoms with Gasteiger partial charge in [0.25, 0.3) is 0 Å². The average Bonchev–Trinajstić information content (AvgIpc) is 3.40. The Balaban J connectivity index is 1.42. The maximum Gasteiger partial charge on any atom is 0.199 e. The van der Waals surface area contributed by atoms with E-state index in [9.17, 15) is 5.11 Å². The molecular weight excluding hydrogens is 386 g/mol. The maximum absolute atomic E-state index is 10.3. The smallest absolute Gasteiger partial charge is 0.199 e. The van der Waals surface area contributed by atoms with E-state index in [4.69, 9.17) is 4.74 Å². The third kappa shape index (κ3) is 3.59. The Morgan fingerprint density at radius 1 is 1.14 bits per heavy atom. The second-order valence-corrected chi connectivity index (χ2v) is 7.53. The van der Waals surface area contributed by atoms with E-state index >= 15 is 0 Å². The fraction of sp³-hybridized carbons (Fsp3) is 0.190. The van der Waals surface area contributed by atoms with Gasteiger partial charge in [0, 0.05) is 36.5 Å². The molecule has 1 aliphatic rings. The minimum atomic E-state index is 0.0524. The van der Waals surface area contributed by atoms with Crippen molar-refractivity contribution in [3.05, 3.63) is 53.0 Å². The van der Waals surface area contributed by atoms with E-state index in [1.54, 1.807) is 29.9 Å². The van der Waals surface area contributed by atoms with Crippen LogP contribution in [0.1, 0.15) is 5.56 Å². The molecule has 7 nitrogen and oxygen atoms in total. The molecule has 4 aromatic heterocycles. The number of aromatic hydroxyl groups is 1. The Hall–Kier alpha value is -3.23. The largest absolute Gasteiger partial charge is 0.494 e. The summed E-state index contributed by atoms with van der Waals surface area (Å²) in [6.45, 7) is 3.14. The van der Waals surface area contributed by atoms with E-state index in [2.05, 4.69) is 36.3 Å². The van der Waals surface area contributed by atoms with E-state index < -0.39 is 0 Å². The van der Waals surface area contributed by atoms with E-state index in [0.29, 0.717) is 11.2 Å². The van der Waals surface area contributed by atoms with Crippen LogP contribution in [0.25, 0.3) is 22.2 Å². The van der Waals surface area contributed by atoms with Gasteiger partial charge < -0.3 is 19.7 Å². The van der Waals surface area contributed by atoms with Crippen molar-refractivity contribution >= 4 is 40.1 Å². The van der Waals surface area contributed by atoms with Gasteiger partial charge in [0.1, 0.15) is 11.5 Å². The third-order valence-corrected chi connectivity index (χ3v) is 5.62. The first-order valence-corrected chi connectivity index (χ1v) is 10.3. The lowest BCUT2D eigenvalue weighted by Gasteiger charge is -2.27. The Morgan fingerprint density at radius 3 is 2.79 bits per heavy atom. The highest BCUT2D eigenvalue weighted by atomic mass is 32.1. The van der Waals surface area contributed by atoms with Gasteiger partial charge in [-0.1, -0.05) is 0 Å². The van der Waals surface area contributed by atoms with Gasteiger partial charge in [0.15, 0.2) is 5.88 Å². The summed E-state index contributed by atoms with van der Waals surface area (Å²) in [5.74, 6) is 0.975. The highest BCUT2D eigenvalue weighted by Gasteiger charge is 2.13. The number of aliphatic imine (C=N–C) groups is 1. The second kappa shape index (κ2) is 7.65. The van der Waals surface area contributed by atoms with Crippen molar-refractivity contribution in [1.82, 2.24) is 15.0 Å². The quantitative estimate of drug-likeness (QED) is 0.502. The predicted molar refractivity (Wildman–Crippen MR) is 116 cm³/mol. The number of aromatic amines is 1. The Bertz CT molecular complexity index is 1150. The summed E-state index contributed by atoms with van der Waals surface area (Å²) in [4.78, 5) is 18.6. The Kier molecular flexibility index (Phi) is 4.71. The van der Waals surface area contributed by atoms with Crippen molar-refractivity contribution in [3.63, 3.8) is 0 Å². The number of ether oxygens (including phenoxy) is 1. The first kappa shape index (κ1) is 17.8. The number of hydrogen-bond acceptors (Lipinski definition) is 7. The van der Waals surface area contributed by atoms with Crippen molar-refractivity contribution in [1.29, 1.82) is 0 Å². The summed E-state index contributed by atoms with van der Waals surface area (Å²) in [7, 11) is 0. The van der Waals surface area contributed by atoms with Crippen LogP contribution in [0.2, 0.25) is 0 Å². The van der Waals surface area contributed by atoms with Crippen LogP contribution in [-0.4, -0.2) is 52.6 Å². The minimum absolute atomic E-state index is 0.0524. The summed E-state index contributed by atoms with van der Waals surface area (Å²) in [5, 5.41) is 15.3. The van der Waals surface area contributed by atoms with Gasteiger partial charge in [0.05, 0.1) is 30.7 Å². The highest BCUT2D eigenvalue weighted by Crippen LogP contribution is 2.30. The summed E-state index contributed by atoms with van der Waals surface area (Å²) >= 11 is 1.64. The number of morpholine rings is 1. The molecule has 4 aromatic rings. The van der Waals surface area contributed by atoms with Crippen molar-refractivity contribution in [2.75, 3.05) is 31.2 Å². The topological polar surface area (TPSA) is 86.6 Å². The molecule has 146 valence electrons. The number of hydrogen-bond donors (Lipinski definition) is 2. The molecule has 2 N–H and O–H groups in total. The molecule has 1 saturated heterocycles. The van der Waals surface area contributed by atoms with Crippen molar-refractivity contribution in [3.8, 4) is 17.0 Å². The Morgan fingerprint density at radius 2 is 2.03 bits per heavy atom. The molecule has 0 spiro atoms. The number of aromatic nitrogens is 3.